The fourth-order valence-corrected chi connectivity index (χ4v) is 11.5. The lowest BCUT2D eigenvalue weighted by Gasteiger charge is -2.42. The summed E-state index contributed by atoms with van der Waals surface area (Å²) in [4.78, 5) is 5.28. The Kier molecular flexibility index (Phi) is 8.24. The van der Waals surface area contributed by atoms with Gasteiger partial charge in [-0.1, -0.05) is 154 Å². The van der Waals surface area contributed by atoms with Gasteiger partial charge in [0.1, 0.15) is 11.2 Å². The molecule has 10 aromatic rings. The largest absolute Gasteiger partial charge is 0.456 e. The van der Waals surface area contributed by atoms with Crippen molar-refractivity contribution in [2.45, 2.75) is 62.2 Å². The third kappa shape index (κ3) is 5.60. The van der Waals surface area contributed by atoms with Gasteiger partial charge in [-0.2, -0.15) is 0 Å². The molecule has 0 saturated heterocycles. The Hall–Kier alpha value is -6.43. The molecule has 0 spiro atoms. The maximum atomic E-state index is 6.54. The maximum absolute atomic E-state index is 6.54. The van der Waals surface area contributed by atoms with Crippen LogP contribution in [0.4, 0.5) is 17.1 Å². The zero-order valence-electron chi connectivity index (χ0n) is 35.0. The molecule has 0 saturated carbocycles. The summed E-state index contributed by atoms with van der Waals surface area (Å²) in [7, 11) is 0. The Morgan fingerprint density at radius 1 is 0.574 bits per heavy atom. The van der Waals surface area contributed by atoms with Gasteiger partial charge in [0.05, 0.1) is 16.7 Å². The Morgan fingerprint density at radius 2 is 1.28 bits per heavy atom. The van der Waals surface area contributed by atoms with Gasteiger partial charge in [0.2, 0.25) is 6.71 Å². The minimum Gasteiger partial charge on any atom is -0.456 e. The number of unbranched alkanes of at least 4 members (excludes halogenated alkanes) is 1. The van der Waals surface area contributed by atoms with Crippen LogP contribution in [0.25, 0.3) is 60.6 Å². The molecule has 2 aromatic heterocycles. The monoisotopic (exact) mass is 804 g/mol. The highest BCUT2D eigenvalue weighted by Gasteiger charge is 2.42. The van der Waals surface area contributed by atoms with Crippen LogP contribution in [0.3, 0.4) is 0 Å². The number of anilines is 3. The quantitative estimate of drug-likeness (QED) is 0.156. The number of benzene rings is 8. The van der Waals surface area contributed by atoms with Crippen molar-refractivity contribution in [3.05, 3.63) is 175 Å². The van der Waals surface area contributed by atoms with Gasteiger partial charge in [0.25, 0.3) is 0 Å². The zero-order valence-corrected chi connectivity index (χ0v) is 35.8. The van der Waals surface area contributed by atoms with Gasteiger partial charge >= 0.3 is 0 Å². The number of para-hydroxylation sites is 3. The molecule has 2 aliphatic rings. The molecule has 0 aliphatic carbocycles. The lowest BCUT2D eigenvalue weighted by molar-refractivity contribution is 0.589. The van der Waals surface area contributed by atoms with E-state index in [1.54, 1.807) is 0 Å². The highest BCUT2D eigenvalue weighted by atomic mass is 32.2. The topological polar surface area (TPSA) is 21.3 Å². The molecule has 0 atom stereocenters. The lowest BCUT2D eigenvalue weighted by atomic mass is 9.34. The van der Waals surface area contributed by atoms with E-state index in [0.717, 1.165) is 30.4 Å². The van der Waals surface area contributed by atoms with Gasteiger partial charge < -0.3 is 13.9 Å². The molecular weight excluding hydrogens is 760 g/mol. The van der Waals surface area contributed by atoms with Crippen molar-refractivity contribution in [3.63, 3.8) is 0 Å². The van der Waals surface area contributed by atoms with Crippen LogP contribution in [0.15, 0.2) is 178 Å². The number of hydrogen-bond donors (Lipinski definition) is 0. The minimum atomic E-state index is -0.0639. The third-order valence-corrected chi connectivity index (χ3v) is 14.3. The first-order chi connectivity index (χ1) is 29.9. The summed E-state index contributed by atoms with van der Waals surface area (Å²) in [5, 5.41) is 4.99. The van der Waals surface area contributed by atoms with Gasteiger partial charge in [0.15, 0.2) is 0 Å². The smallest absolute Gasteiger partial charge is 0.249 e. The molecule has 294 valence electrons. The van der Waals surface area contributed by atoms with Gasteiger partial charge in [-0.25, -0.2) is 0 Å². The molecule has 0 amide bonds. The Morgan fingerprint density at radius 3 is 2.03 bits per heavy atom. The van der Waals surface area contributed by atoms with Crippen molar-refractivity contribution in [2.75, 3.05) is 4.90 Å². The van der Waals surface area contributed by atoms with E-state index in [4.69, 9.17) is 4.42 Å². The number of nitrogens with zero attached hydrogens (tertiary/aromatic N) is 2. The number of fused-ring (bicyclic) bond motifs is 10. The van der Waals surface area contributed by atoms with E-state index >= 15 is 0 Å². The van der Waals surface area contributed by atoms with Crippen molar-refractivity contribution < 1.29 is 4.42 Å². The normalized spacial score (nSPS) is 13.3. The molecule has 12 rings (SSSR count). The lowest BCUT2D eigenvalue weighted by Crippen LogP contribution is -2.60. The fraction of sp³-hybridized carbons (Fsp3) is 0.143. The summed E-state index contributed by atoms with van der Waals surface area (Å²) in [5.41, 5.74) is 18.5. The maximum Gasteiger partial charge on any atom is 0.249 e. The molecule has 2 aliphatic heterocycles. The van der Waals surface area contributed by atoms with Gasteiger partial charge in [-0.3, -0.25) is 0 Å². The molecule has 61 heavy (non-hydrogen) atoms. The summed E-state index contributed by atoms with van der Waals surface area (Å²) >= 11 is 1.94. The van der Waals surface area contributed by atoms with E-state index in [0.29, 0.717) is 0 Å². The van der Waals surface area contributed by atoms with Crippen molar-refractivity contribution in [1.82, 2.24) is 4.57 Å². The molecule has 0 N–H and O–H groups in total. The molecule has 3 nitrogen and oxygen atoms in total. The number of aromatic nitrogens is 1. The van der Waals surface area contributed by atoms with E-state index in [9.17, 15) is 0 Å². The first-order valence-electron chi connectivity index (χ1n) is 21.8. The summed E-state index contributed by atoms with van der Waals surface area (Å²) in [5.74, 6) is 0. The second kappa shape index (κ2) is 13.8. The Balaban J connectivity index is 1.14. The molecule has 0 unspecified atom stereocenters. The van der Waals surface area contributed by atoms with E-state index < -0.39 is 0 Å². The number of furan rings is 1. The van der Waals surface area contributed by atoms with Crippen LogP contribution in [0.2, 0.25) is 0 Å². The fourth-order valence-electron chi connectivity index (χ4n) is 10.3. The van der Waals surface area contributed by atoms with Gasteiger partial charge in [-0.15, -0.1) is 0 Å². The summed E-state index contributed by atoms with van der Waals surface area (Å²) in [6.07, 6.45) is 3.18. The van der Waals surface area contributed by atoms with Crippen LogP contribution in [0, 0.1) is 0 Å². The summed E-state index contributed by atoms with van der Waals surface area (Å²) in [6, 6.07) is 61.1. The van der Waals surface area contributed by atoms with Crippen molar-refractivity contribution >= 4 is 95.7 Å². The van der Waals surface area contributed by atoms with Crippen LogP contribution in [-0.4, -0.2) is 11.3 Å². The van der Waals surface area contributed by atoms with Crippen molar-refractivity contribution in [3.8, 4) is 16.8 Å². The number of rotatable bonds is 6. The zero-order chi connectivity index (χ0) is 41.0. The van der Waals surface area contributed by atoms with Crippen LogP contribution >= 0.6 is 11.8 Å². The average molecular weight is 805 g/mol. The van der Waals surface area contributed by atoms with Crippen LogP contribution in [-0.2, 0) is 11.8 Å². The first kappa shape index (κ1) is 36.4. The Labute approximate surface area is 361 Å². The third-order valence-electron chi connectivity index (χ3n) is 13.2. The van der Waals surface area contributed by atoms with Crippen LogP contribution < -0.4 is 21.3 Å². The first-order valence-corrected chi connectivity index (χ1v) is 22.6. The minimum absolute atomic E-state index is 0.0509. The summed E-state index contributed by atoms with van der Waals surface area (Å²) in [6.45, 7) is 9.40. The molecular formula is C56H45BN2OS. The molecule has 0 radical (unpaired) electrons. The van der Waals surface area contributed by atoms with Crippen LogP contribution in [0.5, 0.6) is 0 Å². The second-order valence-corrected chi connectivity index (χ2v) is 19.0. The van der Waals surface area contributed by atoms with E-state index in [2.05, 4.69) is 201 Å². The van der Waals surface area contributed by atoms with E-state index in [1.807, 2.05) is 11.8 Å². The van der Waals surface area contributed by atoms with Crippen molar-refractivity contribution in [1.29, 1.82) is 0 Å². The summed E-state index contributed by atoms with van der Waals surface area (Å²) < 4.78 is 9.00. The highest BCUT2D eigenvalue weighted by molar-refractivity contribution is 8.00. The van der Waals surface area contributed by atoms with Gasteiger partial charge in [0, 0.05) is 48.4 Å². The average Bonchev–Trinajstić information content (AvgIpc) is 3.84. The molecule has 0 bridgehead atoms. The molecule has 5 heteroatoms. The van der Waals surface area contributed by atoms with E-state index in [-0.39, 0.29) is 12.1 Å². The molecule has 8 aromatic carbocycles. The van der Waals surface area contributed by atoms with E-state index in [1.165, 1.54) is 104 Å². The second-order valence-electron chi connectivity index (χ2n) is 17.9. The predicted octanol–water partition coefficient (Wildman–Crippen LogP) is 13.8. The van der Waals surface area contributed by atoms with Gasteiger partial charge in [-0.05, 0) is 112 Å². The number of hydrogen-bond acceptors (Lipinski definition) is 3. The molecule has 4 heterocycles. The Bertz CT molecular complexity index is 3340. The standard InChI is InChI=1S/C56H45BN2OS/c1-5-6-18-41-47(29-30-51-54(41)42-21-12-15-24-50(42)60-51)59-48-28-25-36(35-16-8-7-9-17-35)31-44(48)57-43-27-26-38(58-45-22-13-10-19-39(45)40-20-11-14-23-46(40)58)34-52(43)61-53-33-37(56(2,3)4)32-49(59)55(53)57/h7-17,19-34H,5-6,18H2,1-4H3. The van der Waals surface area contributed by atoms with Crippen molar-refractivity contribution in [2.24, 2.45) is 0 Å². The molecule has 0 fully saturated rings. The SMILES string of the molecule is CCCCc1c(N2c3ccc(-c4ccccc4)cc3B3c4ccc(-n5c6ccccc6c6ccccc65)cc4Sc4cc(C(C)(C)C)cc2c43)ccc2oc3ccccc3c12. The van der Waals surface area contributed by atoms with Crippen LogP contribution in [0.1, 0.15) is 51.7 Å². The highest BCUT2D eigenvalue weighted by Crippen LogP contribution is 2.48. The predicted molar refractivity (Wildman–Crippen MR) is 261 cm³/mol. The number of aryl methyl sites for hydroxylation is 1.